The van der Waals surface area contributed by atoms with Gasteiger partial charge in [-0.3, -0.25) is 9.59 Å². The summed E-state index contributed by atoms with van der Waals surface area (Å²) in [5.74, 6) is 1.53. The summed E-state index contributed by atoms with van der Waals surface area (Å²) in [4.78, 5) is 28.8. The van der Waals surface area contributed by atoms with Gasteiger partial charge in [0.2, 0.25) is 5.91 Å². The average Bonchev–Trinajstić information content (AvgIpc) is 3.05. The average molecular weight is 303 g/mol. The van der Waals surface area contributed by atoms with Crippen molar-refractivity contribution in [1.82, 2.24) is 15.0 Å². The Kier molecular flexibility index (Phi) is 3.20. The van der Waals surface area contributed by atoms with E-state index >= 15 is 0 Å². The highest BCUT2D eigenvalue weighted by atomic mass is 16.5. The molecular weight excluding hydrogens is 282 g/mol. The number of carbonyl (C=O) groups is 2. The Hall–Kier alpha value is -1.85. The van der Waals surface area contributed by atoms with Crippen molar-refractivity contribution in [2.45, 2.75) is 51.1 Å². The maximum absolute atomic E-state index is 12.6. The fourth-order valence-electron chi connectivity index (χ4n) is 3.83. The number of aromatic nitrogens is 1. The lowest BCUT2D eigenvalue weighted by molar-refractivity contribution is -0.137. The quantitative estimate of drug-likeness (QED) is 0.850. The molecule has 1 aliphatic carbocycles. The van der Waals surface area contributed by atoms with Crippen LogP contribution in [0.2, 0.25) is 0 Å². The van der Waals surface area contributed by atoms with Crippen molar-refractivity contribution in [1.29, 1.82) is 0 Å². The Morgan fingerprint density at radius 3 is 2.82 bits per heavy atom. The standard InChI is InChI=1S/C16H21N3O3/c1-10-8-12(17-22-10)16(21)18-7-6-14-13(18)4-5-15(20)19(14)9-11-2-3-11/h8,11,13-14H,2-7,9H2,1H3/t13-,14-/m1/s1. The first-order valence-electron chi connectivity index (χ1n) is 8.17. The summed E-state index contributed by atoms with van der Waals surface area (Å²) in [6.45, 7) is 3.37. The first-order valence-corrected chi connectivity index (χ1v) is 8.17. The zero-order valence-corrected chi connectivity index (χ0v) is 12.8. The van der Waals surface area contributed by atoms with Crippen molar-refractivity contribution in [2.24, 2.45) is 5.92 Å². The second-order valence-electron chi connectivity index (χ2n) is 6.77. The Bertz CT molecular complexity index is 608. The second kappa shape index (κ2) is 5.11. The highest BCUT2D eigenvalue weighted by molar-refractivity contribution is 5.93. The molecule has 4 rings (SSSR count). The number of likely N-dealkylation sites (tertiary alicyclic amines) is 2. The first-order chi connectivity index (χ1) is 10.6. The lowest BCUT2D eigenvalue weighted by Crippen LogP contribution is -2.53. The monoisotopic (exact) mass is 303 g/mol. The van der Waals surface area contributed by atoms with E-state index in [9.17, 15) is 9.59 Å². The summed E-state index contributed by atoms with van der Waals surface area (Å²) >= 11 is 0. The molecule has 0 unspecified atom stereocenters. The van der Waals surface area contributed by atoms with E-state index in [-0.39, 0.29) is 23.9 Å². The van der Waals surface area contributed by atoms with Gasteiger partial charge < -0.3 is 14.3 Å². The predicted molar refractivity (Wildman–Crippen MR) is 78.1 cm³/mol. The number of nitrogens with zero attached hydrogens (tertiary/aromatic N) is 3. The molecule has 3 fully saturated rings. The highest BCUT2D eigenvalue weighted by Crippen LogP contribution is 2.36. The number of carbonyl (C=O) groups excluding carboxylic acids is 2. The number of hydrogen-bond donors (Lipinski definition) is 0. The minimum atomic E-state index is -0.0647. The van der Waals surface area contributed by atoms with Gasteiger partial charge in [0.05, 0.1) is 12.1 Å². The summed E-state index contributed by atoms with van der Waals surface area (Å²) in [5.41, 5.74) is 0.379. The van der Waals surface area contributed by atoms with Gasteiger partial charge in [0.1, 0.15) is 5.76 Å². The van der Waals surface area contributed by atoms with E-state index < -0.39 is 0 Å². The summed E-state index contributed by atoms with van der Waals surface area (Å²) in [5, 5.41) is 3.84. The van der Waals surface area contributed by atoms with Crippen LogP contribution in [0.3, 0.4) is 0 Å². The van der Waals surface area contributed by atoms with Gasteiger partial charge in [-0.1, -0.05) is 5.16 Å². The molecule has 0 bridgehead atoms. The molecule has 1 saturated carbocycles. The van der Waals surface area contributed by atoms with Crippen LogP contribution in [0, 0.1) is 12.8 Å². The van der Waals surface area contributed by atoms with E-state index in [1.54, 1.807) is 13.0 Å². The van der Waals surface area contributed by atoms with E-state index in [0.29, 0.717) is 30.3 Å². The number of hydrogen-bond acceptors (Lipinski definition) is 4. The van der Waals surface area contributed by atoms with Gasteiger partial charge in [-0.05, 0) is 38.5 Å². The summed E-state index contributed by atoms with van der Waals surface area (Å²) in [7, 11) is 0. The zero-order valence-electron chi connectivity index (χ0n) is 12.8. The van der Waals surface area contributed by atoms with Crippen LogP contribution in [0.5, 0.6) is 0 Å². The van der Waals surface area contributed by atoms with Crippen LogP contribution in [0.25, 0.3) is 0 Å². The molecule has 0 radical (unpaired) electrons. The van der Waals surface area contributed by atoms with Crippen LogP contribution in [0.15, 0.2) is 10.6 Å². The molecule has 0 spiro atoms. The van der Waals surface area contributed by atoms with Crippen molar-refractivity contribution in [2.75, 3.05) is 13.1 Å². The summed E-state index contributed by atoms with van der Waals surface area (Å²) in [6, 6.07) is 2.02. The van der Waals surface area contributed by atoms with Crippen molar-refractivity contribution < 1.29 is 14.1 Å². The SMILES string of the molecule is Cc1cc(C(=O)N2CC[C@@H]3[C@H]2CCC(=O)N3CC2CC2)no1. The van der Waals surface area contributed by atoms with Gasteiger partial charge in [-0.15, -0.1) is 0 Å². The largest absolute Gasteiger partial charge is 0.361 e. The highest BCUT2D eigenvalue weighted by Gasteiger charge is 2.46. The Labute approximate surface area is 129 Å². The third kappa shape index (κ3) is 2.30. The van der Waals surface area contributed by atoms with Gasteiger partial charge in [0, 0.05) is 25.6 Å². The van der Waals surface area contributed by atoms with Gasteiger partial charge >= 0.3 is 0 Å². The maximum Gasteiger partial charge on any atom is 0.276 e. The molecule has 1 aromatic heterocycles. The number of aryl methyl sites for hydroxylation is 1. The Morgan fingerprint density at radius 1 is 1.32 bits per heavy atom. The fraction of sp³-hybridized carbons (Fsp3) is 0.688. The van der Waals surface area contributed by atoms with Crippen LogP contribution in [-0.2, 0) is 4.79 Å². The molecule has 3 heterocycles. The Balaban J connectivity index is 1.52. The van der Waals surface area contributed by atoms with E-state index in [1.807, 2.05) is 9.80 Å². The van der Waals surface area contributed by atoms with Crippen LogP contribution in [-0.4, -0.2) is 51.9 Å². The van der Waals surface area contributed by atoms with Gasteiger partial charge in [0.25, 0.3) is 5.91 Å². The molecule has 2 aliphatic heterocycles. The van der Waals surface area contributed by atoms with Crippen LogP contribution in [0.1, 0.15) is 48.4 Å². The lowest BCUT2D eigenvalue weighted by atomic mass is 9.95. The second-order valence-corrected chi connectivity index (χ2v) is 6.77. The molecule has 0 N–H and O–H groups in total. The molecule has 6 heteroatoms. The van der Waals surface area contributed by atoms with Crippen molar-refractivity contribution in [3.05, 3.63) is 17.5 Å². The van der Waals surface area contributed by atoms with Crippen LogP contribution >= 0.6 is 0 Å². The molecule has 2 amide bonds. The van der Waals surface area contributed by atoms with Crippen LogP contribution < -0.4 is 0 Å². The third-order valence-electron chi connectivity index (χ3n) is 5.14. The molecule has 3 aliphatic rings. The molecule has 6 nitrogen and oxygen atoms in total. The molecule has 22 heavy (non-hydrogen) atoms. The summed E-state index contributed by atoms with van der Waals surface area (Å²) in [6.07, 6.45) is 4.68. The first kappa shape index (κ1) is 13.8. The Morgan fingerprint density at radius 2 is 2.14 bits per heavy atom. The predicted octanol–water partition coefficient (Wildman–Crippen LogP) is 1.60. The minimum Gasteiger partial charge on any atom is -0.361 e. The molecule has 1 aromatic rings. The fourth-order valence-corrected chi connectivity index (χ4v) is 3.83. The minimum absolute atomic E-state index is 0.0647. The van der Waals surface area contributed by atoms with E-state index in [2.05, 4.69) is 5.16 Å². The van der Waals surface area contributed by atoms with E-state index in [0.717, 1.165) is 19.4 Å². The van der Waals surface area contributed by atoms with Crippen molar-refractivity contribution in [3.8, 4) is 0 Å². The molecular formula is C16H21N3O3. The topological polar surface area (TPSA) is 66.7 Å². The number of fused-ring (bicyclic) bond motifs is 1. The molecule has 2 atom stereocenters. The van der Waals surface area contributed by atoms with Gasteiger partial charge in [-0.2, -0.15) is 0 Å². The van der Waals surface area contributed by atoms with Gasteiger partial charge in [0.15, 0.2) is 5.69 Å². The number of rotatable bonds is 3. The maximum atomic E-state index is 12.6. The van der Waals surface area contributed by atoms with Crippen LogP contribution in [0.4, 0.5) is 0 Å². The number of piperidine rings is 1. The lowest BCUT2D eigenvalue weighted by Gasteiger charge is -2.39. The van der Waals surface area contributed by atoms with E-state index in [1.165, 1.54) is 12.8 Å². The molecule has 2 saturated heterocycles. The number of amides is 2. The normalized spacial score (nSPS) is 28.1. The van der Waals surface area contributed by atoms with Crippen molar-refractivity contribution >= 4 is 11.8 Å². The molecule has 118 valence electrons. The van der Waals surface area contributed by atoms with Gasteiger partial charge in [-0.25, -0.2) is 0 Å². The molecule has 0 aromatic carbocycles. The zero-order chi connectivity index (χ0) is 15.3. The van der Waals surface area contributed by atoms with E-state index in [4.69, 9.17) is 4.52 Å². The summed E-state index contributed by atoms with van der Waals surface area (Å²) < 4.78 is 5.02. The van der Waals surface area contributed by atoms with Crippen molar-refractivity contribution in [3.63, 3.8) is 0 Å². The third-order valence-corrected chi connectivity index (χ3v) is 5.14. The smallest absolute Gasteiger partial charge is 0.276 e.